The van der Waals surface area contributed by atoms with Crippen molar-refractivity contribution in [2.75, 3.05) is 26.3 Å². The van der Waals surface area contributed by atoms with Crippen LogP contribution >= 0.6 is 0 Å². The summed E-state index contributed by atoms with van der Waals surface area (Å²) >= 11 is 0. The van der Waals surface area contributed by atoms with E-state index in [4.69, 9.17) is 9.47 Å². The van der Waals surface area contributed by atoms with E-state index in [-0.39, 0.29) is 5.92 Å². The number of aliphatic hydroxyl groups is 1. The Kier molecular flexibility index (Phi) is 7.89. The van der Waals surface area contributed by atoms with Crippen molar-refractivity contribution in [1.82, 2.24) is 4.90 Å². The summed E-state index contributed by atoms with van der Waals surface area (Å²) in [6, 6.07) is 6.36. The van der Waals surface area contributed by atoms with Gasteiger partial charge in [-0.25, -0.2) is 0 Å². The molecule has 1 aliphatic carbocycles. The maximum absolute atomic E-state index is 12.8. The molecule has 2 bridgehead atoms. The highest BCUT2D eigenvalue weighted by Gasteiger charge is 2.39. The van der Waals surface area contributed by atoms with Crippen molar-refractivity contribution in [1.29, 1.82) is 0 Å². The Hall–Kier alpha value is -1.59. The second-order valence-corrected chi connectivity index (χ2v) is 9.80. The van der Waals surface area contributed by atoms with Crippen molar-refractivity contribution in [3.63, 3.8) is 0 Å². The van der Waals surface area contributed by atoms with Crippen LogP contribution < -0.4 is 9.47 Å². The number of unbranched alkanes of at least 4 members (excludes halogenated alkanes) is 4. The normalized spacial score (nSPS) is 24.3. The van der Waals surface area contributed by atoms with Gasteiger partial charge in [-0.3, -0.25) is 9.69 Å². The van der Waals surface area contributed by atoms with Gasteiger partial charge >= 0.3 is 0 Å². The average Bonchev–Trinajstić information content (AvgIpc) is 3.41. The summed E-state index contributed by atoms with van der Waals surface area (Å²) in [6.45, 7) is 5.23. The second-order valence-electron chi connectivity index (χ2n) is 9.80. The minimum Gasteiger partial charge on any atom is -0.486 e. The van der Waals surface area contributed by atoms with Crippen LogP contribution in [0.15, 0.2) is 18.2 Å². The Labute approximate surface area is 187 Å². The van der Waals surface area contributed by atoms with Crippen LogP contribution in [0.2, 0.25) is 0 Å². The molecule has 2 aliphatic heterocycles. The maximum Gasteiger partial charge on any atom is 0.161 e. The molecule has 0 aromatic heterocycles. The molecule has 1 unspecified atom stereocenters. The van der Waals surface area contributed by atoms with Crippen LogP contribution in [0.4, 0.5) is 0 Å². The highest BCUT2D eigenvalue weighted by Crippen LogP contribution is 2.40. The first-order valence-electron chi connectivity index (χ1n) is 12.5. The minimum absolute atomic E-state index is 0.0787. The molecule has 4 rings (SSSR count). The van der Waals surface area contributed by atoms with E-state index in [0.717, 1.165) is 43.2 Å². The van der Waals surface area contributed by atoms with Crippen LogP contribution in [0.25, 0.3) is 0 Å². The zero-order valence-electron chi connectivity index (χ0n) is 19.1. The number of aliphatic hydroxyl groups excluding tert-OH is 1. The molecule has 1 saturated carbocycles. The maximum atomic E-state index is 12.8. The van der Waals surface area contributed by atoms with E-state index in [2.05, 4.69) is 11.8 Å². The van der Waals surface area contributed by atoms with Gasteiger partial charge in [0.2, 0.25) is 0 Å². The van der Waals surface area contributed by atoms with E-state index in [1.165, 1.54) is 38.5 Å². The molecule has 1 N–H and O–H groups in total. The number of likely N-dealkylation sites (tertiary alicyclic amines) is 1. The number of rotatable bonds is 12. The zero-order valence-corrected chi connectivity index (χ0v) is 19.1. The van der Waals surface area contributed by atoms with E-state index in [9.17, 15) is 9.90 Å². The molecule has 1 aromatic carbocycles. The third-order valence-electron chi connectivity index (χ3n) is 7.39. The monoisotopic (exact) mass is 429 g/mol. The Balaban J connectivity index is 1.40. The molecule has 2 heterocycles. The van der Waals surface area contributed by atoms with Crippen LogP contribution in [0.1, 0.15) is 82.8 Å². The fraction of sp³-hybridized carbons (Fsp3) is 0.731. The summed E-state index contributed by atoms with van der Waals surface area (Å²) in [4.78, 5) is 15.4. The summed E-state index contributed by atoms with van der Waals surface area (Å²) in [5.41, 5.74) is 0.828. The number of ether oxygens (including phenoxy) is 2. The van der Waals surface area contributed by atoms with Crippen molar-refractivity contribution >= 4 is 5.78 Å². The van der Waals surface area contributed by atoms with Gasteiger partial charge in [0.1, 0.15) is 19.0 Å². The third-order valence-corrected chi connectivity index (χ3v) is 7.39. The van der Waals surface area contributed by atoms with Crippen molar-refractivity contribution in [3.05, 3.63) is 23.8 Å². The molecule has 5 heteroatoms. The van der Waals surface area contributed by atoms with Crippen molar-refractivity contribution < 1.29 is 19.4 Å². The fourth-order valence-electron chi connectivity index (χ4n) is 5.66. The lowest BCUT2D eigenvalue weighted by Crippen LogP contribution is -2.38. The largest absolute Gasteiger partial charge is 0.486 e. The predicted octanol–water partition coefficient (Wildman–Crippen LogP) is 4.91. The second kappa shape index (κ2) is 10.8. The van der Waals surface area contributed by atoms with Gasteiger partial charge in [-0.05, 0) is 49.3 Å². The van der Waals surface area contributed by atoms with Gasteiger partial charge in [-0.1, -0.05) is 38.7 Å². The van der Waals surface area contributed by atoms with Crippen molar-refractivity contribution in [2.24, 2.45) is 11.8 Å². The quantitative estimate of drug-likeness (QED) is 0.478. The highest BCUT2D eigenvalue weighted by molar-refractivity contribution is 5.78. The number of piperidine rings is 1. The van der Waals surface area contributed by atoms with Gasteiger partial charge < -0.3 is 14.6 Å². The standard InChI is InChI=1S/C26H39NO4/c1-2-3-4-5-6-7-23(28)15-21(18-27-17-19-8-10-22(27)14-19)26(29)20-9-11-24-25(16-20)31-13-12-30-24/h9,11,16,19,21-22,26,29H,2-8,10,12-15,17-18H2,1H3/t19?,21-,22+,26-/m1/s1. The molecule has 4 atom stereocenters. The minimum atomic E-state index is -0.668. The van der Waals surface area contributed by atoms with Gasteiger partial charge in [0.25, 0.3) is 0 Å². The first-order valence-corrected chi connectivity index (χ1v) is 12.5. The number of Topliss-reactive ketones (excluding diaryl/α,β-unsaturated/α-hetero) is 1. The molecule has 0 spiro atoms. The molecule has 2 fully saturated rings. The molecule has 0 radical (unpaired) electrons. The van der Waals surface area contributed by atoms with Gasteiger partial charge in [0.15, 0.2) is 11.5 Å². The zero-order chi connectivity index (χ0) is 21.6. The fourth-order valence-corrected chi connectivity index (χ4v) is 5.66. The van der Waals surface area contributed by atoms with Gasteiger partial charge in [0.05, 0.1) is 6.10 Å². The summed E-state index contributed by atoms with van der Waals surface area (Å²) in [5, 5.41) is 11.3. The first kappa shape index (κ1) is 22.6. The molecule has 5 nitrogen and oxygen atoms in total. The summed E-state index contributed by atoms with van der Waals surface area (Å²) in [7, 11) is 0. The Bertz CT molecular complexity index is 736. The number of benzene rings is 1. The average molecular weight is 430 g/mol. The van der Waals surface area contributed by atoms with Crippen molar-refractivity contribution in [2.45, 2.75) is 83.3 Å². The van der Waals surface area contributed by atoms with Gasteiger partial charge in [0, 0.05) is 37.9 Å². The number of hydrogen-bond acceptors (Lipinski definition) is 5. The Morgan fingerprint density at radius 3 is 2.68 bits per heavy atom. The number of ketones is 1. The molecular formula is C26H39NO4. The molecular weight excluding hydrogens is 390 g/mol. The number of fused-ring (bicyclic) bond motifs is 3. The lowest BCUT2D eigenvalue weighted by atomic mass is 9.88. The summed E-state index contributed by atoms with van der Waals surface area (Å²) in [6.07, 6.45) is 10.1. The van der Waals surface area contributed by atoms with Crippen LogP contribution in [0.3, 0.4) is 0 Å². The summed E-state index contributed by atoms with van der Waals surface area (Å²) < 4.78 is 11.3. The van der Waals surface area contributed by atoms with Crippen LogP contribution in [-0.2, 0) is 4.79 Å². The van der Waals surface area contributed by atoms with E-state index < -0.39 is 6.10 Å². The lowest BCUT2D eigenvalue weighted by Gasteiger charge is -2.33. The molecule has 3 aliphatic rings. The SMILES string of the molecule is CCCCCCCC(=O)C[C@H](CN1CC2CC[C@H]1C2)[C@H](O)c1ccc2c(c1)OCCO2. The number of nitrogens with zero attached hydrogens (tertiary/aromatic N) is 1. The van der Waals surface area contributed by atoms with E-state index >= 15 is 0 Å². The first-order chi connectivity index (χ1) is 15.1. The Morgan fingerprint density at radius 2 is 1.94 bits per heavy atom. The topological polar surface area (TPSA) is 59.0 Å². The van der Waals surface area contributed by atoms with Gasteiger partial charge in [-0.2, -0.15) is 0 Å². The summed E-state index contributed by atoms with van der Waals surface area (Å²) in [5.74, 6) is 2.46. The molecule has 1 saturated heterocycles. The number of hydrogen-bond donors (Lipinski definition) is 1. The van der Waals surface area contributed by atoms with Gasteiger partial charge in [-0.15, -0.1) is 0 Å². The molecule has 0 amide bonds. The molecule has 1 aromatic rings. The van der Waals surface area contributed by atoms with E-state index in [1.807, 2.05) is 18.2 Å². The van der Waals surface area contributed by atoms with Crippen molar-refractivity contribution in [3.8, 4) is 11.5 Å². The van der Waals surface area contributed by atoms with Crippen LogP contribution in [0, 0.1) is 11.8 Å². The smallest absolute Gasteiger partial charge is 0.161 e. The van der Waals surface area contributed by atoms with Crippen LogP contribution in [-0.4, -0.2) is 48.1 Å². The van der Waals surface area contributed by atoms with E-state index in [1.54, 1.807) is 0 Å². The number of carbonyl (C=O) groups is 1. The third kappa shape index (κ3) is 5.81. The van der Waals surface area contributed by atoms with Crippen LogP contribution in [0.5, 0.6) is 11.5 Å². The van der Waals surface area contributed by atoms with E-state index in [0.29, 0.717) is 43.6 Å². The Morgan fingerprint density at radius 1 is 1.13 bits per heavy atom. The lowest BCUT2D eigenvalue weighted by molar-refractivity contribution is -0.121. The predicted molar refractivity (Wildman–Crippen MR) is 122 cm³/mol. The molecule has 172 valence electrons. The molecule has 31 heavy (non-hydrogen) atoms. The number of carbonyl (C=O) groups excluding carboxylic acids is 1. The highest BCUT2D eigenvalue weighted by atomic mass is 16.6.